The van der Waals surface area contributed by atoms with Crippen molar-refractivity contribution in [2.75, 3.05) is 0 Å². The fourth-order valence-electron chi connectivity index (χ4n) is 1.12. The van der Waals surface area contributed by atoms with Crippen molar-refractivity contribution in [3.8, 4) is 0 Å². The van der Waals surface area contributed by atoms with Gasteiger partial charge < -0.3 is 5.73 Å². The van der Waals surface area contributed by atoms with Gasteiger partial charge in [0.15, 0.2) is 0 Å². The Balaban J connectivity index is 2.70. The van der Waals surface area contributed by atoms with E-state index >= 15 is 0 Å². The van der Waals surface area contributed by atoms with Crippen LogP contribution < -0.4 is 5.73 Å². The number of hydrogen-bond acceptors (Lipinski definition) is 1. The summed E-state index contributed by atoms with van der Waals surface area (Å²) in [6.45, 7) is 2.01. The Morgan fingerprint density at radius 2 is 2.23 bits per heavy atom. The molecule has 0 saturated heterocycles. The van der Waals surface area contributed by atoms with Crippen LogP contribution in [0.1, 0.15) is 18.9 Å². The van der Waals surface area contributed by atoms with Crippen LogP contribution in [0, 0.1) is 0 Å². The molecule has 0 aliphatic rings. The standard InChI is InChI=1S/C10H13BrClN/c1-7(13)2-3-8-6-9(12)4-5-10(8)11/h4-7H,2-3,13H2,1H3. The van der Waals surface area contributed by atoms with Crippen molar-refractivity contribution in [2.24, 2.45) is 5.73 Å². The van der Waals surface area contributed by atoms with Crippen molar-refractivity contribution >= 4 is 27.5 Å². The van der Waals surface area contributed by atoms with E-state index in [1.807, 2.05) is 25.1 Å². The van der Waals surface area contributed by atoms with E-state index in [9.17, 15) is 0 Å². The lowest BCUT2D eigenvalue weighted by molar-refractivity contribution is 0.665. The molecule has 1 nitrogen and oxygen atoms in total. The van der Waals surface area contributed by atoms with Crippen LogP contribution in [0.15, 0.2) is 22.7 Å². The first-order valence-corrected chi connectivity index (χ1v) is 5.46. The number of rotatable bonds is 3. The largest absolute Gasteiger partial charge is 0.328 e. The molecule has 1 atom stereocenters. The molecular formula is C10H13BrClN. The zero-order chi connectivity index (χ0) is 9.84. The molecule has 2 N–H and O–H groups in total. The van der Waals surface area contributed by atoms with E-state index in [4.69, 9.17) is 17.3 Å². The molecule has 1 aromatic rings. The van der Waals surface area contributed by atoms with Crippen molar-refractivity contribution in [1.82, 2.24) is 0 Å². The summed E-state index contributed by atoms with van der Waals surface area (Å²) in [5, 5.41) is 0.780. The van der Waals surface area contributed by atoms with Gasteiger partial charge in [0.1, 0.15) is 0 Å². The number of benzene rings is 1. The Kier molecular flexibility index (Phi) is 4.23. The normalized spacial score (nSPS) is 12.9. The Morgan fingerprint density at radius 3 is 2.85 bits per heavy atom. The van der Waals surface area contributed by atoms with Gasteiger partial charge in [0.25, 0.3) is 0 Å². The third kappa shape index (κ3) is 3.67. The minimum absolute atomic E-state index is 0.242. The van der Waals surface area contributed by atoms with Crippen molar-refractivity contribution in [3.63, 3.8) is 0 Å². The minimum atomic E-state index is 0.242. The van der Waals surface area contributed by atoms with Crippen LogP contribution in [0.3, 0.4) is 0 Å². The second-order valence-electron chi connectivity index (χ2n) is 3.25. The van der Waals surface area contributed by atoms with Crippen LogP contribution >= 0.6 is 27.5 Å². The topological polar surface area (TPSA) is 26.0 Å². The maximum atomic E-state index is 5.88. The lowest BCUT2D eigenvalue weighted by atomic mass is 10.1. The van der Waals surface area contributed by atoms with E-state index in [0.717, 1.165) is 22.3 Å². The molecule has 1 aromatic carbocycles. The predicted molar refractivity (Wildman–Crippen MR) is 61.1 cm³/mol. The Bertz CT molecular complexity index is 286. The Labute approximate surface area is 92.4 Å². The molecule has 0 amide bonds. The van der Waals surface area contributed by atoms with Crippen molar-refractivity contribution in [1.29, 1.82) is 0 Å². The molecule has 0 heterocycles. The predicted octanol–water partition coefficient (Wildman–Crippen LogP) is 3.38. The second-order valence-corrected chi connectivity index (χ2v) is 4.54. The summed E-state index contributed by atoms with van der Waals surface area (Å²) in [6, 6.07) is 6.07. The number of nitrogens with two attached hydrogens (primary N) is 1. The van der Waals surface area contributed by atoms with E-state index in [1.165, 1.54) is 5.56 Å². The van der Waals surface area contributed by atoms with Gasteiger partial charge in [0.05, 0.1) is 0 Å². The van der Waals surface area contributed by atoms with Gasteiger partial charge in [-0.15, -0.1) is 0 Å². The average Bonchev–Trinajstić information content (AvgIpc) is 2.06. The van der Waals surface area contributed by atoms with Gasteiger partial charge in [-0.1, -0.05) is 27.5 Å². The zero-order valence-electron chi connectivity index (χ0n) is 7.56. The van der Waals surface area contributed by atoms with Gasteiger partial charge in [-0.25, -0.2) is 0 Å². The van der Waals surface area contributed by atoms with E-state index in [2.05, 4.69) is 15.9 Å². The number of halogens is 2. The maximum Gasteiger partial charge on any atom is 0.0409 e. The SMILES string of the molecule is CC(N)CCc1cc(Cl)ccc1Br. The van der Waals surface area contributed by atoms with E-state index in [1.54, 1.807) is 0 Å². The summed E-state index contributed by atoms with van der Waals surface area (Å²) in [4.78, 5) is 0. The summed E-state index contributed by atoms with van der Waals surface area (Å²) in [5.74, 6) is 0. The van der Waals surface area contributed by atoms with Crippen molar-refractivity contribution in [3.05, 3.63) is 33.3 Å². The van der Waals surface area contributed by atoms with Crippen LogP contribution in [0.25, 0.3) is 0 Å². The van der Waals surface area contributed by atoms with E-state index < -0.39 is 0 Å². The minimum Gasteiger partial charge on any atom is -0.328 e. The molecule has 0 radical (unpaired) electrons. The van der Waals surface area contributed by atoms with Crippen LogP contribution in [-0.4, -0.2) is 6.04 Å². The molecule has 0 aliphatic carbocycles. The summed E-state index contributed by atoms with van der Waals surface area (Å²) in [7, 11) is 0. The first-order chi connectivity index (χ1) is 6.09. The molecule has 0 bridgehead atoms. The van der Waals surface area contributed by atoms with Gasteiger partial charge in [0.2, 0.25) is 0 Å². The van der Waals surface area contributed by atoms with Gasteiger partial charge in [-0.3, -0.25) is 0 Å². The fourth-order valence-corrected chi connectivity index (χ4v) is 1.76. The molecule has 72 valence electrons. The number of aryl methyl sites for hydroxylation is 1. The molecule has 1 unspecified atom stereocenters. The van der Waals surface area contributed by atoms with Crippen molar-refractivity contribution in [2.45, 2.75) is 25.8 Å². The van der Waals surface area contributed by atoms with Crippen LogP contribution in [0.4, 0.5) is 0 Å². The summed E-state index contributed by atoms with van der Waals surface area (Å²) in [5.41, 5.74) is 6.91. The molecule has 13 heavy (non-hydrogen) atoms. The highest BCUT2D eigenvalue weighted by Crippen LogP contribution is 2.22. The maximum absolute atomic E-state index is 5.88. The average molecular weight is 263 g/mol. The quantitative estimate of drug-likeness (QED) is 0.888. The third-order valence-electron chi connectivity index (χ3n) is 1.88. The van der Waals surface area contributed by atoms with E-state index in [0.29, 0.717) is 0 Å². The molecule has 3 heteroatoms. The zero-order valence-corrected chi connectivity index (χ0v) is 9.90. The first-order valence-electron chi connectivity index (χ1n) is 4.29. The summed E-state index contributed by atoms with van der Waals surface area (Å²) >= 11 is 9.36. The van der Waals surface area contributed by atoms with Gasteiger partial charge in [0, 0.05) is 15.5 Å². The molecule has 0 fully saturated rings. The van der Waals surface area contributed by atoms with Crippen LogP contribution in [0.5, 0.6) is 0 Å². The fraction of sp³-hybridized carbons (Fsp3) is 0.400. The molecule has 0 spiro atoms. The summed E-state index contributed by atoms with van der Waals surface area (Å²) < 4.78 is 1.11. The summed E-state index contributed by atoms with van der Waals surface area (Å²) in [6.07, 6.45) is 1.96. The Morgan fingerprint density at radius 1 is 1.54 bits per heavy atom. The van der Waals surface area contributed by atoms with Gasteiger partial charge in [-0.05, 0) is 43.5 Å². The smallest absolute Gasteiger partial charge is 0.0409 e. The lowest BCUT2D eigenvalue weighted by Crippen LogP contribution is -2.15. The van der Waals surface area contributed by atoms with E-state index in [-0.39, 0.29) is 6.04 Å². The molecule has 0 aliphatic heterocycles. The first kappa shape index (κ1) is 11.0. The van der Waals surface area contributed by atoms with Gasteiger partial charge >= 0.3 is 0 Å². The second kappa shape index (κ2) is 4.99. The van der Waals surface area contributed by atoms with Crippen LogP contribution in [0.2, 0.25) is 5.02 Å². The molecule has 1 rings (SSSR count). The van der Waals surface area contributed by atoms with Crippen molar-refractivity contribution < 1.29 is 0 Å². The molecular weight excluding hydrogens is 249 g/mol. The Hall–Kier alpha value is -0.0500. The monoisotopic (exact) mass is 261 g/mol. The third-order valence-corrected chi connectivity index (χ3v) is 2.89. The highest BCUT2D eigenvalue weighted by Gasteiger charge is 2.02. The molecule has 0 aromatic heterocycles. The van der Waals surface area contributed by atoms with Gasteiger partial charge in [-0.2, -0.15) is 0 Å². The number of hydrogen-bond donors (Lipinski definition) is 1. The van der Waals surface area contributed by atoms with Crippen LogP contribution in [-0.2, 0) is 6.42 Å². The lowest BCUT2D eigenvalue weighted by Gasteiger charge is -2.07. The highest BCUT2D eigenvalue weighted by atomic mass is 79.9. The highest BCUT2D eigenvalue weighted by molar-refractivity contribution is 9.10. The molecule has 0 saturated carbocycles.